The minimum absolute atomic E-state index is 0.00970. The average molecular weight is 858 g/mol. The van der Waals surface area contributed by atoms with Crippen molar-refractivity contribution in [3.8, 4) is 17.2 Å². The highest BCUT2D eigenvalue weighted by molar-refractivity contribution is 6.26. The number of likely N-dealkylation sites (N-methyl/N-ethyl adjacent to an activating group) is 1. The molecule has 62 heavy (non-hydrogen) atoms. The summed E-state index contributed by atoms with van der Waals surface area (Å²) in [4.78, 5) is 61.9. The first-order chi connectivity index (χ1) is 29.3. The minimum Gasteiger partial charge on any atom is -0.505 e. The van der Waals surface area contributed by atoms with Gasteiger partial charge in [0, 0.05) is 74.3 Å². The molecular weight excluding hydrogens is 803 g/mol. The second-order valence-electron chi connectivity index (χ2n) is 16.5. The molecule has 4 N–H and O–H groups in total. The number of esters is 1. The van der Waals surface area contributed by atoms with Crippen molar-refractivity contribution in [1.82, 2.24) is 9.88 Å². The van der Waals surface area contributed by atoms with Crippen LogP contribution in [0.4, 0.5) is 5.69 Å². The summed E-state index contributed by atoms with van der Waals surface area (Å²) in [5.74, 6) is -6.03. The number of amides is 1. The SMILES string of the molecule is CO[C@H]1/C=C/O[C@@]2(C)Oc3c(C)c(=O)c4c(O)c(c5oc6cc(OCCN(C)C)ccc6nc5c4c3C2=O)NC(=O)/C(C)=C\C=C\[C@H](C)[C@H](O)C[C@@H](O)[C@@H](C)[C@H](OC(C)=O)[C@@H]1C. The van der Waals surface area contributed by atoms with Gasteiger partial charge >= 0.3 is 11.8 Å². The summed E-state index contributed by atoms with van der Waals surface area (Å²) in [6.07, 6.45) is 3.59. The van der Waals surface area contributed by atoms with E-state index in [1.807, 2.05) is 19.0 Å². The van der Waals surface area contributed by atoms with Crippen LogP contribution in [0, 0.1) is 24.7 Å². The molecule has 0 radical (unpaired) electrons. The Morgan fingerprint density at radius 1 is 1.05 bits per heavy atom. The van der Waals surface area contributed by atoms with Crippen LogP contribution < -0.4 is 20.2 Å². The van der Waals surface area contributed by atoms with Gasteiger partial charge in [-0.05, 0) is 46.2 Å². The fourth-order valence-corrected chi connectivity index (χ4v) is 7.78. The molecule has 4 aromatic rings. The molecule has 0 spiro atoms. The smallest absolute Gasteiger partial charge is 0.312 e. The van der Waals surface area contributed by atoms with Crippen LogP contribution in [0.3, 0.4) is 0 Å². The molecule has 0 saturated carbocycles. The van der Waals surface area contributed by atoms with E-state index in [9.17, 15) is 34.5 Å². The van der Waals surface area contributed by atoms with Crippen molar-refractivity contribution in [2.24, 2.45) is 17.8 Å². The van der Waals surface area contributed by atoms with E-state index in [0.717, 1.165) is 0 Å². The average Bonchev–Trinajstić information content (AvgIpc) is 3.48. The molecule has 3 heterocycles. The van der Waals surface area contributed by atoms with Crippen LogP contribution in [0.15, 0.2) is 63.6 Å². The zero-order valence-corrected chi connectivity index (χ0v) is 36.6. The lowest BCUT2D eigenvalue weighted by molar-refractivity contribution is -0.158. The molecule has 2 aliphatic rings. The summed E-state index contributed by atoms with van der Waals surface area (Å²) in [6, 6.07) is 4.97. The number of allylic oxidation sites excluding steroid dienone is 2. The van der Waals surface area contributed by atoms with Crippen molar-refractivity contribution in [3.63, 3.8) is 0 Å². The van der Waals surface area contributed by atoms with Crippen molar-refractivity contribution < 1.29 is 57.8 Å². The molecule has 1 amide bonds. The Balaban J connectivity index is 1.57. The number of ether oxygens (including phenoxy) is 5. The number of nitrogens with zero attached hydrogens (tertiary/aromatic N) is 2. The fourth-order valence-electron chi connectivity index (χ4n) is 7.78. The summed E-state index contributed by atoms with van der Waals surface area (Å²) in [5.41, 5.74) is -0.523. The largest absolute Gasteiger partial charge is 0.505 e. The van der Waals surface area contributed by atoms with Crippen LogP contribution in [0.25, 0.3) is 33.0 Å². The van der Waals surface area contributed by atoms with Gasteiger partial charge in [-0.1, -0.05) is 39.0 Å². The number of phenolic OH excluding ortho intramolecular Hbond substituents is 1. The van der Waals surface area contributed by atoms with E-state index in [2.05, 4.69) is 5.32 Å². The molecule has 6 rings (SSSR count). The minimum atomic E-state index is -2.04. The number of Topliss-reactive ketones (excluding diaryl/α,β-unsaturated/α-hetero) is 1. The number of benzene rings is 3. The molecule has 0 saturated heterocycles. The van der Waals surface area contributed by atoms with Crippen LogP contribution >= 0.6 is 0 Å². The molecule has 0 fully saturated rings. The first-order valence-corrected chi connectivity index (χ1v) is 20.5. The number of ketones is 1. The van der Waals surface area contributed by atoms with Gasteiger partial charge in [-0.25, -0.2) is 4.98 Å². The maximum atomic E-state index is 14.7. The first-order valence-electron chi connectivity index (χ1n) is 20.5. The van der Waals surface area contributed by atoms with Gasteiger partial charge in [0.2, 0.25) is 0 Å². The fraction of sp³-hybridized carbons (Fsp3) is 0.457. The van der Waals surface area contributed by atoms with Crippen molar-refractivity contribution >= 4 is 56.3 Å². The molecule has 1 aromatic heterocycles. The van der Waals surface area contributed by atoms with E-state index in [-0.39, 0.29) is 62.0 Å². The van der Waals surface area contributed by atoms with Gasteiger partial charge in [0.15, 0.2) is 22.3 Å². The van der Waals surface area contributed by atoms with Crippen molar-refractivity contribution in [2.75, 3.05) is 39.7 Å². The number of aromatic hydroxyl groups is 1. The molecule has 16 nitrogen and oxygen atoms in total. The Labute approximate surface area is 358 Å². The maximum Gasteiger partial charge on any atom is 0.312 e. The number of nitrogens with one attached hydrogen (secondary N) is 1. The number of rotatable bonds is 6. The quantitative estimate of drug-likeness (QED) is 0.0793. The highest BCUT2D eigenvalue weighted by Crippen LogP contribution is 2.48. The van der Waals surface area contributed by atoms with Crippen LogP contribution in [0.5, 0.6) is 17.2 Å². The Morgan fingerprint density at radius 3 is 2.45 bits per heavy atom. The third-order valence-corrected chi connectivity index (χ3v) is 11.7. The number of fused-ring (bicyclic) bond motifs is 2. The standard InChI is InChI=1S/C46H55N3O13/c1-22-12-11-13-23(2)45(56)48-38-40(54)35-34(37-43(38)61-33-20-28(14-15-29(33)47-37)58-19-17-49(8)9)36-42(26(5)39(35)53)62-46(7,44(36)55)59-18-16-32(57-10)25(4)41(60-27(6)50)24(3)31(52)21-30(22)51/h11-16,18,20,22,24-25,30-32,41,51-52,54H,17,19,21H2,1-10H3,(H,48,56)/b12-11+,18-16+,23-13-/t22-,24+,25+,30+,31+,32-,41-,46-/m0/s1. The number of carbonyl (C=O) groups excluding carboxylic acids is 3. The zero-order valence-electron chi connectivity index (χ0n) is 36.6. The van der Waals surface area contributed by atoms with Gasteiger partial charge in [0.1, 0.15) is 40.9 Å². The number of carbonyl (C=O) groups is 3. The first kappa shape index (κ1) is 45.7. The monoisotopic (exact) mass is 857 g/mol. The molecule has 8 atom stereocenters. The second-order valence-corrected chi connectivity index (χ2v) is 16.5. The third-order valence-electron chi connectivity index (χ3n) is 11.7. The molecule has 3 aromatic carbocycles. The van der Waals surface area contributed by atoms with Crippen LogP contribution in [-0.2, 0) is 23.8 Å². The Bertz CT molecular complexity index is 2560. The molecule has 16 heteroatoms. The van der Waals surface area contributed by atoms with Gasteiger partial charge in [0.05, 0.1) is 35.5 Å². The van der Waals surface area contributed by atoms with Crippen molar-refractivity contribution in [1.29, 1.82) is 0 Å². The third kappa shape index (κ3) is 8.91. The van der Waals surface area contributed by atoms with E-state index in [1.165, 1.54) is 53.2 Å². The highest BCUT2D eigenvalue weighted by Gasteiger charge is 2.49. The number of aliphatic hydroxyl groups excluding tert-OH is 2. The summed E-state index contributed by atoms with van der Waals surface area (Å²) in [5, 5.41) is 36.8. The molecule has 0 unspecified atom stereocenters. The van der Waals surface area contributed by atoms with Crippen molar-refractivity contribution in [3.05, 3.63) is 75.7 Å². The predicted octanol–water partition coefficient (Wildman–Crippen LogP) is 5.69. The zero-order chi connectivity index (χ0) is 45.4. The summed E-state index contributed by atoms with van der Waals surface area (Å²) >= 11 is 0. The topological polar surface area (TPSA) is 216 Å². The van der Waals surface area contributed by atoms with E-state index in [4.69, 9.17) is 33.1 Å². The number of aromatic nitrogens is 1. The lowest BCUT2D eigenvalue weighted by atomic mass is 9.83. The molecule has 332 valence electrons. The summed E-state index contributed by atoms with van der Waals surface area (Å²) in [7, 11) is 5.28. The van der Waals surface area contributed by atoms with Crippen LogP contribution in [-0.4, -0.2) is 107 Å². The molecule has 4 bridgehead atoms. The van der Waals surface area contributed by atoms with Gasteiger partial charge in [-0.3, -0.25) is 19.2 Å². The number of hydrogen-bond acceptors (Lipinski definition) is 15. The normalized spacial score (nSPS) is 28.1. The number of aliphatic hydroxyl groups is 2. The van der Waals surface area contributed by atoms with E-state index in [0.29, 0.717) is 24.4 Å². The van der Waals surface area contributed by atoms with Gasteiger partial charge in [-0.2, -0.15) is 0 Å². The Kier molecular flexibility index (Phi) is 13.5. The molecular formula is C46H55N3O13. The van der Waals surface area contributed by atoms with E-state index < -0.39 is 76.8 Å². The summed E-state index contributed by atoms with van der Waals surface area (Å²) < 4.78 is 36.1. The second kappa shape index (κ2) is 18.3. The lowest BCUT2D eigenvalue weighted by Crippen LogP contribution is -2.43. The van der Waals surface area contributed by atoms with Crippen LogP contribution in [0.1, 0.15) is 63.9 Å². The molecule has 2 aliphatic heterocycles. The van der Waals surface area contributed by atoms with E-state index >= 15 is 0 Å². The van der Waals surface area contributed by atoms with Gasteiger partial charge < -0.3 is 53.6 Å². The Hall–Kier alpha value is -5.81. The van der Waals surface area contributed by atoms with Crippen LogP contribution in [0.2, 0.25) is 0 Å². The number of methoxy groups -OCH3 is 1. The summed E-state index contributed by atoms with van der Waals surface area (Å²) in [6.45, 7) is 11.8. The highest BCUT2D eigenvalue weighted by atomic mass is 16.7. The van der Waals surface area contributed by atoms with Gasteiger partial charge in [0.25, 0.3) is 11.7 Å². The molecule has 0 aliphatic carbocycles. The predicted molar refractivity (Wildman–Crippen MR) is 231 cm³/mol. The maximum absolute atomic E-state index is 14.7. The lowest BCUT2D eigenvalue weighted by Gasteiger charge is -2.35. The Morgan fingerprint density at radius 2 is 1.77 bits per heavy atom. The number of hydrogen-bond donors (Lipinski definition) is 4. The van der Waals surface area contributed by atoms with Crippen molar-refractivity contribution in [2.45, 2.75) is 85.1 Å². The van der Waals surface area contributed by atoms with Gasteiger partial charge in [-0.15, -0.1) is 0 Å². The van der Waals surface area contributed by atoms with E-state index in [1.54, 1.807) is 51.1 Å². The number of phenols is 1. The number of anilines is 1.